The topological polar surface area (TPSA) is 51.1 Å². The van der Waals surface area contributed by atoms with Gasteiger partial charge in [-0.25, -0.2) is 4.79 Å². The van der Waals surface area contributed by atoms with Crippen molar-refractivity contribution in [1.29, 1.82) is 0 Å². The van der Waals surface area contributed by atoms with Crippen LogP contribution >= 0.6 is 0 Å². The number of carbonyl (C=O) groups is 1. The van der Waals surface area contributed by atoms with Gasteiger partial charge in [0, 0.05) is 0 Å². The van der Waals surface area contributed by atoms with Gasteiger partial charge in [-0.2, -0.15) is 0 Å². The molecule has 0 fully saturated rings. The number of hydrogen-bond acceptors (Lipinski definition) is 4. The van der Waals surface area contributed by atoms with Crippen LogP contribution < -0.4 is 4.90 Å². The Kier molecular flexibility index (Phi) is 8.28. The lowest BCUT2D eigenvalue weighted by Gasteiger charge is -2.20. The Hall–Kier alpha value is -3.78. The first-order valence-corrected chi connectivity index (χ1v) is 9.04. The highest BCUT2D eigenvalue weighted by Crippen LogP contribution is 2.23. The zero-order chi connectivity index (χ0) is 21.1. The van der Waals surface area contributed by atoms with E-state index in [-0.39, 0.29) is 6.54 Å². The Bertz CT molecular complexity index is 937. The molecule has 0 spiro atoms. The van der Waals surface area contributed by atoms with Crippen molar-refractivity contribution in [3.63, 3.8) is 0 Å². The van der Waals surface area contributed by atoms with E-state index < -0.39 is 6.09 Å². The molecule has 29 heavy (non-hydrogen) atoms. The van der Waals surface area contributed by atoms with Crippen LogP contribution in [0.15, 0.2) is 66.3 Å². The summed E-state index contributed by atoms with van der Waals surface area (Å²) in [5.74, 6) is 2.49. The highest BCUT2D eigenvalue weighted by atomic mass is 16.6. The quantitative estimate of drug-likeness (QED) is 0.160. The highest BCUT2D eigenvalue weighted by Gasteiger charge is 2.17. The standard InChI is InChI=1S/C24H24N2O3/c1-5-17-26(24(27)28-4)23-10-8-7-9-22(23)16-13-20-11-14-21(15-12-20)19(3)25-29-18-6-2/h1,6-16H,2,17-18H2,3-4H3/b16-13+,25-19+. The molecule has 148 valence electrons. The molecule has 0 saturated carbocycles. The lowest BCUT2D eigenvalue weighted by Crippen LogP contribution is -2.31. The molecule has 2 aromatic rings. The fraction of sp³-hybridized carbons (Fsp3) is 0.167. The summed E-state index contributed by atoms with van der Waals surface area (Å²) in [7, 11) is 1.33. The van der Waals surface area contributed by atoms with Crippen molar-refractivity contribution >= 4 is 29.6 Å². The minimum absolute atomic E-state index is 0.124. The molecule has 1 amide bonds. The van der Waals surface area contributed by atoms with Crippen molar-refractivity contribution in [2.75, 3.05) is 25.2 Å². The van der Waals surface area contributed by atoms with Gasteiger partial charge in [0.2, 0.25) is 0 Å². The molecule has 0 saturated heterocycles. The number of benzene rings is 2. The first-order chi connectivity index (χ1) is 14.1. The van der Waals surface area contributed by atoms with E-state index in [9.17, 15) is 4.79 Å². The van der Waals surface area contributed by atoms with Crippen LogP contribution in [0.2, 0.25) is 0 Å². The zero-order valence-corrected chi connectivity index (χ0v) is 16.7. The summed E-state index contributed by atoms with van der Waals surface area (Å²) in [6, 6.07) is 15.4. The SMILES string of the molecule is C#CCN(C(=O)OC)c1ccccc1/C=C/c1ccc(/C(C)=N/OCC=C)cc1. The number of carbonyl (C=O) groups excluding carboxylic acids is 1. The van der Waals surface area contributed by atoms with Gasteiger partial charge in [0.15, 0.2) is 0 Å². The molecule has 2 aromatic carbocycles. The van der Waals surface area contributed by atoms with Crippen LogP contribution in [0.25, 0.3) is 12.2 Å². The fourth-order valence-electron chi connectivity index (χ4n) is 2.58. The van der Waals surface area contributed by atoms with Crippen molar-refractivity contribution < 1.29 is 14.4 Å². The maximum atomic E-state index is 12.1. The van der Waals surface area contributed by atoms with Gasteiger partial charge in [0.25, 0.3) is 0 Å². The van der Waals surface area contributed by atoms with E-state index in [1.807, 2.05) is 67.6 Å². The number of hydrogen-bond donors (Lipinski definition) is 0. The van der Waals surface area contributed by atoms with Crippen LogP contribution in [0, 0.1) is 12.3 Å². The van der Waals surface area contributed by atoms with E-state index in [2.05, 4.69) is 17.7 Å². The van der Waals surface area contributed by atoms with E-state index in [1.54, 1.807) is 6.08 Å². The number of rotatable bonds is 8. The third kappa shape index (κ3) is 6.12. The van der Waals surface area contributed by atoms with E-state index in [1.165, 1.54) is 12.0 Å². The normalized spacial score (nSPS) is 11.0. The predicted octanol–water partition coefficient (Wildman–Crippen LogP) is 4.99. The number of para-hydroxylation sites is 1. The third-order valence-corrected chi connectivity index (χ3v) is 4.05. The summed E-state index contributed by atoms with van der Waals surface area (Å²) >= 11 is 0. The molecule has 0 N–H and O–H groups in total. The average Bonchev–Trinajstić information content (AvgIpc) is 2.76. The molecular weight excluding hydrogens is 364 g/mol. The predicted molar refractivity (Wildman–Crippen MR) is 119 cm³/mol. The summed E-state index contributed by atoms with van der Waals surface area (Å²) in [6.07, 6.45) is 10.5. The van der Waals surface area contributed by atoms with Crippen molar-refractivity contribution in [2.45, 2.75) is 6.92 Å². The minimum Gasteiger partial charge on any atom is -0.452 e. The largest absolute Gasteiger partial charge is 0.452 e. The lowest BCUT2D eigenvalue weighted by atomic mass is 10.1. The van der Waals surface area contributed by atoms with Crippen LogP contribution in [-0.2, 0) is 9.57 Å². The van der Waals surface area contributed by atoms with Gasteiger partial charge in [-0.15, -0.1) is 6.42 Å². The van der Waals surface area contributed by atoms with Gasteiger partial charge in [-0.05, 0) is 29.7 Å². The Morgan fingerprint density at radius 3 is 2.59 bits per heavy atom. The summed E-state index contributed by atoms with van der Waals surface area (Å²) in [5, 5.41) is 4.04. The minimum atomic E-state index is -0.499. The van der Waals surface area contributed by atoms with Crippen LogP contribution in [0.5, 0.6) is 0 Å². The first-order valence-electron chi connectivity index (χ1n) is 9.04. The number of amides is 1. The highest BCUT2D eigenvalue weighted by molar-refractivity contribution is 5.98. The number of methoxy groups -OCH3 is 1. The molecule has 0 bridgehead atoms. The van der Waals surface area contributed by atoms with Gasteiger partial charge >= 0.3 is 6.09 Å². The Morgan fingerprint density at radius 2 is 1.93 bits per heavy atom. The van der Waals surface area contributed by atoms with E-state index in [0.717, 1.165) is 22.4 Å². The second kappa shape index (κ2) is 11.2. The van der Waals surface area contributed by atoms with Gasteiger partial charge in [-0.3, -0.25) is 4.90 Å². The molecule has 0 aromatic heterocycles. The maximum Gasteiger partial charge on any atom is 0.414 e. The van der Waals surface area contributed by atoms with Crippen molar-refractivity contribution in [3.05, 3.63) is 77.9 Å². The van der Waals surface area contributed by atoms with Crippen LogP contribution in [0.4, 0.5) is 10.5 Å². The summed E-state index contributed by atoms with van der Waals surface area (Å²) in [5.41, 5.74) is 4.30. The number of anilines is 1. The molecule has 0 heterocycles. The molecule has 0 aliphatic heterocycles. The third-order valence-electron chi connectivity index (χ3n) is 4.05. The van der Waals surface area contributed by atoms with Gasteiger partial charge in [0.1, 0.15) is 6.61 Å². The number of nitrogens with zero attached hydrogens (tertiary/aromatic N) is 2. The second-order valence-electron chi connectivity index (χ2n) is 6.04. The molecule has 0 aliphatic rings. The number of ether oxygens (including phenoxy) is 1. The van der Waals surface area contributed by atoms with E-state index in [0.29, 0.717) is 12.3 Å². The monoisotopic (exact) mass is 388 g/mol. The van der Waals surface area contributed by atoms with Gasteiger partial charge < -0.3 is 9.57 Å². The van der Waals surface area contributed by atoms with Crippen LogP contribution in [0.3, 0.4) is 0 Å². The Balaban J connectivity index is 2.22. The number of terminal acetylenes is 1. The smallest absolute Gasteiger partial charge is 0.414 e. The summed E-state index contributed by atoms with van der Waals surface area (Å²) in [6.45, 7) is 5.97. The number of oxime groups is 1. The van der Waals surface area contributed by atoms with Crippen LogP contribution in [0.1, 0.15) is 23.6 Å². The van der Waals surface area contributed by atoms with Crippen LogP contribution in [-0.4, -0.2) is 32.1 Å². The lowest BCUT2D eigenvalue weighted by molar-refractivity contribution is 0.175. The molecule has 0 aliphatic carbocycles. The molecular formula is C24H24N2O3. The van der Waals surface area contributed by atoms with E-state index >= 15 is 0 Å². The molecule has 0 unspecified atom stereocenters. The Morgan fingerprint density at radius 1 is 1.21 bits per heavy atom. The molecule has 5 nitrogen and oxygen atoms in total. The molecule has 5 heteroatoms. The first kappa shape index (κ1) is 21.5. The zero-order valence-electron chi connectivity index (χ0n) is 16.7. The molecule has 0 radical (unpaired) electrons. The second-order valence-corrected chi connectivity index (χ2v) is 6.04. The Labute approximate surface area is 171 Å². The fourth-order valence-corrected chi connectivity index (χ4v) is 2.58. The molecule has 0 atom stereocenters. The van der Waals surface area contributed by atoms with Gasteiger partial charge in [0.05, 0.1) is 25.1 Å². The van der Waals surface area contributed by atoms with Gasteiger partial charge in [-0.1, -0.05) is 78.3 Å². The molecule has 2 rings (SSSR count). The van der Waals surface area contributed by atoms with Crippen molar-refractivity contribution in [1.82, 2.24) is 0 Å². The van der Waals surface area contributed by atoms with Crippen molar-refractivity contribution in [2.24, 2.45) is 5.16 Å². The summed E-state index contributed by atoms with van der Waals surface area (Å²) in [4.78, 5) is 18.6. The average molecular weight is 388 g/mol. The van der Waals surface area contributed by atoms with E-state index in [4.69, 9.17) is 16.0 Å². The van der Waals surface area contributed by atoms with Crippen molar-refractivity contribution in [3.8, 4) is 12.3 Å². The summed E-state index contributed by atoms with van der Waals surface area (Å²) < 4.78 is 4.85. The maximum absolute atomic E-state index is 12.1.